The summed E-state index contributed by atoms with van der Waals surface area (Å²) in [6.07, 6.45) is -3.32. The molecule has 1 fully saturated rings. The van der Waals surface area contributed by atoms with Crippen LogP contribution in [0, 0.1) is 0 Å². The Morgan fingerprint density at radius 1 is 1.29 bits per heavy atom. The lowest BCUT2D eigenvalue weighted by molar-refractivity contribution is -0.138. The zero-order chi connectivity index (χ0) is 15.6. The number of likely N-dealkylation sites (N-methyl/N-ethyl adjacent to an activating group) is 1. The van der Waals surface area contributed by atoms with Gasteiger partial charge in [0.05, 0.1) is 5.56 Å². The van der Waals surface area contributed by atoms with Gasteiger partial charge in [0.15, 0.2) is 0 Å². The van der Waals surface area contributed by atoms with Crippen LogP contribution in [0.1, 0.15) is 24.5 Å². The van der Waals surface area contributed by atoms with E-state index < -0.39 is 11.7 Å². The lowest BCUT2D eigenvalue weighted by Crippen LogP contribution is -2.51. The molecule has 1 unspecified atom stereocenters. The Kier molecular flexibility index (Phi) is 4.78. The van der Waals surface area contributed by atoms with Gasteiger partial charge in [0.2, 0.25) is 0 Å². The first kappa shape index (κ1) is 16.1. The smallest absolute Gasteiger partial charge is 0.369 e. The third-order valence-corrected chi connectivity index (χ3v) is 4.23. The third kappa shape index (κ3) is 3.49. The maximum Gasteiger partial charge on any atom is 0.416 e. The fraction of sp³-hybridized carbons (Fsp3) is 0.600. The van der Waals surface area contributed by atoms with Gasteiger partial charge in [0, 0.05) is 37.9 Å². The van der Waals surface area contributed by atoms with Crippen molar-refractivity contribution in [3.05, 3.63) is 29.3 Å². The van der Waals surface area contributed by atoms with E-state index in [0.29, 0.717) is 6.04 Å². The van der Waals surface area contributed by atoms with Crippen molar-refractivity contribution in [1.29, 1.82) is 0 Å². The van der Waals surface area contributed by atoms with E-state index in [4.69, 9.17) is 5.73 Å². The Labute approximate surface area is 123 Å². The van der Waals surface area contributed by atoms with E-state index in [2.05, 4.69) is 23.8 Å². The van der Waals surface area contributed by atoms with Crippen LogP contribution in [0.15, 0.2) is 18.2 Å². The molecule has 1 aliphatic heterocycles. The minimum atomic E-state index is -4.35. The van der Waals surface area contributed by atoms with Gasteiger partial charge in [0.25, 0.3) is 0 Å². The molecule has 21 heavy (non-hydrogen) atoms. The number of nitrogens with two attached hydrogens (primary N) is 1. The SMILES string of the molecule is CCC1CN(c2ccc(C(F)(F)F)c(CN)c2)CCN1C. The summed E-state index contributed by atoms with van der Waals surface area (Å²) in [6.45, 7) is 4.60. The average molecular weight is 301 g/mol. The molecule has 0 aromatic heterocycles. The van der Waals surface area contributed by atoms with Gasteiger partial charge in [0.1, 0.15) is 0 Å². The van der Waals surface area contributed by atoms with Gasteiger partial charge >= 0.3 is 6.18 Å². The molecule has 1 aromatic rings. The molecular weight excluding hydrogens is 279 g/mol. The van der Waals surface area contributed by atoms with Crippen LogP contribution in [0.5, 0.6) is 0 Å². The molecule has 2 N–H and O–H groups in total. The molecule has 0 aliphatic carbocycles. The first-order valence-electron chi connectivity index (χ1n) is 7.22. The van der Waals surface area contributed by atoms with Crippen LogP contribution in [0.4, 0.5) is 18.9 Å². The van der Waals surface area contributed by atoms with Gasteiger partial charge in [-0.1, -0.05) is 6.92 Å². The number of rotatable bonds is 3. The van der Waals surface area contributed by atoms with Crippen LogP contribution in [-0.2, 0) is 12.7 Å². The molecule has 0 amide bonds. The largest absolute Gasteiger partial charge is 0.416 e. The van der Waals surface area contributed by atoms with E-state index in [0.717, 1.165) is 37.8 Å². The third-order valence-electron chi connectivity index (χ3n) is 4.23. The molecule has 1 atom stereocenters. The highest BCUT2D eigenvalue weighted by molar-refractivity contribution is 5.52. The Hall–Kier alpha value is -1.27. The van der Waals surface area contributed by atoms with Crippen molar-refractivity contribution in [2.45, 2.75) is 32.1 Å². The minimum Gasteiger partial charge on any atom is -0.369 e. The highest BCUT2D eigenvalue weighted by Gasteiger charge is 2.33. The van der Waals surface area contributed by atoms with E-state index in [1.54, 1.807) is 12.1 Å². The molecule has 118 valence electrons. The summed E-state index contributed by atoms with van der Waals surface area (Å²) < 4.78 is 38.7. The van der Waals surface area contributed by atoms with Crippen LogP contribution in [0.2, 0.25) is 0 Å². The van der Waals surface area contributed by atoms with Crippen molar-refractivity contribution in [2.24, 2.45) is 5.73 Å². The predicted molar refractivity (Wildman–Crippen MR) is 78.3 cm³/mol. The number of piperazine rings is 1. The second kappa shape index (κ2) is 6.23. The molecule has 1 aromatic carbocycles. The van der Waals surface area contributed by atoms with E-state index in [9.17, 15) is 13.2 Å². The molecule has 1 heterocycles. The van der Waals surface area contributed by atoms with Gasteiger partial charge in [-0.05, 0) is 37.2 Å². The summed E-state index contributed by atoms with van der Waals surface area (Å²) >= 11 is 0. The molecule has 0 spiro atoms. The number of alkyl halides is 3. The molecule has 0 bridgehead atoms. The molecule has 6 heteroatoms. The van der Waals surface area contributed by atoms with Crippen molar-refractivity contribution in [1.82, 2.24) is 4.90 Å². The number of nitrogens with zero attached hydrogens (tertiary/aromatic N) is 2. The summed E-state index contributed by atoms with van der Waals surface area (Å²) in [5.74, 6) is 0. The van der Waals surface area contributed by atoms with Crippen LogP contribution in [0.3, 0.4) is 0 Å². The predicted octanol–water partition coefficient (Wildman–Crippen LogP) is 2.69. The summed E-state index contributed by atoms with van der Waals surface area (Å²) in [6, 6.07) is 4.72. The summed E-state index contributed by atoms with van der Waals surface area (Å²) in [5.41, 5.74) is 5.85. The van der Waals surface area contributed by atoms with Crippen molar-refractivity contribution >= 4 is 5.69 Å². The fourth-order valence-corrected chi connectivity index (χ4v) is 2.84. The van der Waals surface area contributed by atoms with Gasteiger partial charge < -0.3 is 10.6 Å². The Bertz CT molecular complexity index is 488. The number of anilines is 1. The number of halogens is 3. The highest BCUT2D eigenvalue weighted by Crippen LogP contribution is 2.34. The Balaban J connectivity index is 2.25. The second-order valence-corrected chi connectivity index (χ2v) is 5.53. The van der Waals surface area contributed by atoms with Crippen molar-refractivity contribution in [3.8, 4) is 0 Å². The first-order chi connectivity index (χ1) is 9.86. The zero-order valence-corrected chi connectivity index (χ0v) is 12.5. The molecule has 3 nitrogen and oxygen atoms in total. The normalized spacial score (nSPS) is 20.9. The van der Waals surface area contributed by atoms with Crippen molar-refractivity contribution in [3.63, 3.8) is 0 Å². The molecule has 1 saturated heterocycles. The van der Waals surface area contributed by atoms with Gasteiger partial charge in [-0.25, -0.2) is 0 Å². The van der Waals surface area contributed by atoms with Crippen molar-refractivity contribution < 1.29 is 13.2 Å². The van der Waals surface area contributed by atoms with Crippen LogP contribution in [0.25, 0.3) is 0 Å². The molecular formula is C15H22F3N3. The topological polar surface area (TPSA) is 32.5 Å². The Morgan fingerprint density at radius 3 is 2.57 bits per heavy atom. The number of hydrogen-bond acceptors (Lipinski definition) is 3. The van der Waals surface area contributed by atoms with Gasteiger partial charge in [-0.2, -0.15) is 13.2 Å². The molecule has 2 rings (SSSR count). The quantitative estimate of drug-likeness (QED) is 0.931. The highest BCUT2D eigenvalue weighted by atomic mass is 19.4. The summed E-state index contributed by atoms with van der Waals surface area (Å²) in [7, 11) is 2.09. The summed E-state index contributed by atoms with van der Waals surface area (Å²) in [4.78, 5) is 4.44. The van der Waals surface area contributed by atoms with E-state index in [1.807, 2.05) is 0 Å². The van der Waals surface area contributed by atoms with Crippen LogP contribution >= 0.6 is 0 Å². The van der Waals surface area contributed by atoms with Crippen molar-refractivity contribution in [2.75, 3.05) is 31.6 Å². The maximum atomic E-state index is 12.9. The number of benzene rings is 1. The lowest BCUT2D eigenvalue weighted by Gasteiger charge is -2.40. The minimum absolute atomic E-state index is 0.104. The molecule has 0 radical (unpaired) electrons. The Morgan fingerprint density at radius 2 is 2.00 bits per heavy atom. The van der Waals surface area contributed by atoms with Crippen LogP contribution < -0.4 is 10.6 Å². The van der Waals surface area contributed by atoms with E-state index >= 15 is 0 Å². The summed E-state index contributed by atoms with van der Waals surface area (Å²) in [5, 5.41) is 0. The van der Waals surface area contributed by atoms with Gasteiger partial charge in [-0.15, -0.1) is 0 Å². The van der Waals surface area contributed by atoms with Gasteiger partial charge in [-0.3, -0.25) is 4.90 Å². The van der Waals surface area contributed by atoms with E-state index in [-0.39, 0.29) is 12.1 Å². The average Bonchev–Trinajstić information content (AvgIpc) is 2.46. The zero-order valence-electron chi connectivity index (χ0n) is 12.5. The number of hydrogen-bond donors (Lipinski definition) is 1. The second-order valence-electron chi connectivity index (χ2n) is 5.53. The maximum absolute atomic E-state index is 12.9. The van der Waals surface area contributed by atoms with E-state index in [1.165, 1.54) is 0 Å². The molecule has 0 saturated carbocycles. The standard InChI is InChI=1S/C15H22F3N3/c1-3-12-10-21(7-6-20(12)2)13-4-5-14(15(16,17)18)11(8-13)9-19/h4-5,8,12H,3,6-7,9-10,19H2,1-2H3. The molecule has 1 aliphatic rings. The fourth-order valence-electron chi connectivity index (χ4n) is 2.84. The first-order valence-corrected chi connectivity index (χ1v) is 7.22. The van der Waals surface area contributed by atoms with Crippen LogP contribution in [-0.4, -0.2) is 37.6 Å². The monoisotopic (exact) mass is 301 g/mol. The lowest BCUT2D eigenvalue weighted by atomic mass is 10.0.